The fraction of sp³-hybridized carbons (Fsp3) is 0.294. The molecule has 2 aromatic rings. The molecule has 2 aromatic carbocycles. The van der Waals surface area contributed by atoms with E-state index in [-0.39, 0.29) is 0 Å². The molecule has 2 rings (SSSR count). The molecule has 1 atom stereocenters. The first-order valence-electron chi connectivity index (χ1n) is 6.83. The Morgan fingerprint density at radius 2 is 1.71 bits per heavy atom. The molecule has 0 saturated heterocycles. The Balaban J connectivity index is 2.34. The van der Waals surface area contributed by atoms with Crippen molar-refractivity contribution in [2.75, 3.05) is 0 Å². The standard InChI is InChI=1S/C17H18BrClO2/c1-10(2)14-9-13(18)5-7-16(14)21-17-6-4-12(11(3)20)8-15(17)19/h4-11,20H,1-3H3/t11-/m1/s1. The molecule has 0 aromatic heterocycles. The summed E-state index contributed by atoms with van der Waals surface area (Å²) in [5, 5.41) is 10.1. The summed E-state index contributed by atoms with van der Waals surface area (Å²) >= 11 is 9.72. The quantitative estimate of drug-likeness (QED) is 0.708. The van der Waals surface area contributed by atoms with Crippen molar-refractivity contribution in [3.63, 3.8) is 0 Å². The topological polar surface area (TPSA) is 29.5 Å². The van der Waals surface area contributed by atoms with Gasteiger partial charge in [0, 0.05) is 4.47 Å². The van der Waals surface area contributed by atoms with Gasteiger partial charge in [-0.2, -0.15) is 0 Å². The van der Waals surface area contributed by atoms with Gasteiger partial charge in [0.15, 0.2) is 0 Å². The van der Waals surface area contributed by atoms with Gasteiger partial charge in [-0.05, 0) is 54.3 Å². The van der Waals surface area contributed by atoms with Crippen LogP contribution in [0.2, 0.25) is 5.02 Å². The lowest BCUT2D eigenvalue weighted by molar-refractivity contribution is 0.199. The zero-order chi connectivity index (χ0) is 15.6. The van der Waals surface area contributed by atoms with Crippen LogP contribution in [0.4, 0.5) is 0 Å². The molecule has 1 N–H and O–H groups in total. The van der Waals surface area contributed by atoms with Gasteiger partial charge in [0.1, 0.15) is 11.5 Å². The third-order valence-electron chi connectivity index (χ3n) is 3.25. The van der Waals surface area contributed by atoms with E-state index in [2.05, 4.69) is 35.8 Å². The van der Waals surface area contributed by atoms with Crippen LogP contribution in [0.5, 0.6) is 11.5 Å². The van der Waals surface area contributed by atoms with Crippen LogP contribution in [0.15, 0.2) is 40.9 Å². The van der Waals surface area contributed by atoms with Crippen LogP contribution in [-0.2, 0) is 0 Å². The van der Waals surface area contributed by atoms with Crippen LogP contribution in [0.3, 0.4) is 0 Å². The predicted molar refractivity (Wildman–Crippen MR) is 90.4 cm³/mol. The number of aliphatic hydroxyl groups excluding tert-OH is 1. The Hall–Kier alpha value is -1.03. The average Bonchev–Trinajstić information content (AvgIpc) is 2.42. The molecule has 0 amide bonds. The minimum atomic E-state index is -0.546. The van der Waals surface area contributed by atoms with E-state index < -0.39 is 6.10 Å². The first kappa shape index (κ1) is 16.3. The molecule has 0 unspecified atom stereocenters. The molecule has 0 spiro atoms. The molecule has 112 valence electrons. The zero-order valence-corrected chi connectivity index (χ0v) is 14.6. The largest absolute Gasteiger partial charge is 0.456 e. The maximum absolute atomic E-state index is 9.57. The molecule has 4 heteroatoms. The van der Waals surface area contributed by atoms with Gasteiger partial charge in [0.2, 0.25) is 0 Å². The molecule has 0 fully saturated rings. The average molecular weight is 370 g/mol. The Kier molecular flexibility index (Phi) is 5.31. The van der Waals surface area contributed by atoms with Gasteiger partial charge < -0.3 is 9.84 Å². The van der Waals surface area contributed by atoms with Crippen LogP contribution < -0.4 is 4.74 Å². The maximum atomic E-state index is 9.57. The minimum Gasteiger partial charge on any atom is -0.456 e. The second kappa shape index (κ2) is 6.82. The first-order chi connectivity index (χ1) is 9.88. The van der Waals surface area contributed by atoms with E-state index in [1.807, 2.05) is 18.2 Å². The number of benzene rings is 2. The van der Waals surface area contributed by atoms with Crippen molar-refractivity contribution >= 4 is 27.5 Å². The molecule has 0 radical (unpaired) electrons. The molecule has 0 bridgehead atoms. The van der Waals surface area contributed by atoms with E-state index in [1.165, 1.54) is 0 Å². The van der Waals surface area contributed by atoms with Gasteiger partial charge >= 0.3 is 0 Å². The van der Waals surface area contributed by atoms with E-state index in [1.54, 1.807) is 19.1 Å². The number of ether oxygens (including phenoxy) is 1. The Morgan fingerprint density at radius 3 is 2.29 bits per heavy atom. The monoisotopic (exact) mass is 368 g/mol. The van der Waals surface area contributed by atoms with E-state index in [0.29, 0.717) is 16.7 Å². The second-order valence-electron chi connectivity index (χ2n) is 5.30. The van der Waals surface area contributed by atoms with Crippen LogP contribution >= 0.6 is 27.5 Å². The van der Waals surface area contributed by atoms with E-state index in [9.17, 15) is 5.11 Å². The highest BCUT2D eigenvalue weighted by molar-refractivity contribution is 9.10. The van der Waals surface area contributed by atoms with Crippen LogP contribution in [-0.4, -0.2) is 5.11 Å². The van der Waals surface area contributed by atoms with E-state index >= 15 is 0 Å². The molecule has 21 heavy (non-hydrogen) atoms. The fourth-order valence-corrected chi connectivity index (χ4v) is 2.65. The normalized spacial score (nSPS) is 12.5. The van der Waals surface area contributed by atoms with Crippen molar-refractivity contribution < 1.29 is 9.84 Å². The predicted octanol–water partition coefficient (Wildman–Crippen LogP) is 6.07. The SMILES string of the molecule is CC(C)c1cc(Br)ccc1Oc1ccc([C@@H](C)O)cc1Cl. The van der Waals surface area contributed by atoms with Crippen molar-refractivity contribution in [3.8, 4) is 11.5 Å². The van der Waals surface area contributed by atoms with Crippen molar-refractivity contribution in [3.05, 3.63) is 57.0 Å². The molecule has 0 saturated carbocycles. The summed E-state index contributed by atoms with van der Waals surface area (Å²) in [4.78, 5) is 0. The molecule has 0 aliphatic carbocycles. The maximum Gasteiger partial charge on any atom is 0.146 e. The van der Waals surface area contributed by atoms with Gasteiger partial charge in [-0.15, -0.1) is 0 Å². The van der Waals surface area contributed by atoms with Gasteiger partial charge in [0.05, 0.1) is 11.1 Å². The lowest BCUT2D eigenvalue weighted by atomic mass is 10.0. The van der Waals surface area contributed by atoms with E-state index in [4.69, 9.17) is 16.3 Å². The molecule has 0 aliphatic rings. The van der Waals surface area contributed by atoms with Gasteiger partial charge in [-0.25, -0.2) is 0 Å². The summed E-state index contributed by atoms with van der Waals surface area (Å²) in [5.41, 5.74) is 1.88. The van der Waals surface area contributed by atoms with Gasteiger partial charge in [-0.1, -0.05) is 47.4 Å². The highest BCUT2D eigenvalue weighted by Gasteiger charge is 2.12. The van der Waals surface area contributed by atoms with Crippen molar-refractivity contribution in [2.24, 2.45) is 0 Å². The van der Waals surface area contributed by atoms with E-state index in [0.717, 1.165) is 21.3 Å². The van der Waals surface area contributed by atoms with Crippen LogP contribution in [0.25, 0.3) is 0 Å². The first-order valence-corrected chi connectivity index (χ1v) is 8.00. The lowest BCUT2D eigenvalue weighted by Crippen LogP contribution is -1.96. The number of aliphatic hydroxyl groups is 1. The molecular weight excluding hydrogens is 352 g/mol. The molecule has 0 aliphatic heterocycles. The summed E-state index contributed by atoms with van der Waals surface area (Å²) in [6.07, 6.45) is -0.546. The smallest absolute Gasteiger partial charge is 0.146 e. The second-order valence-corrected chi connectivity index (χ2v) is 6.63. The summed E-state index contributed by atoms with van der Waals surface area (Å²) < 4.78 is 6.98. The third kappa shape index (κ3) is 4.00. The number of hydrogen-bond acceptors (Lipinski definition) is 2. The number of hydrogen-bond donors (Lipinski definition) is 1. The molecule has 0 heterocycles. The van der Waals surface area contributed by atoms with Crippen molar-refractivity contribution in [1.29, 1.82) is 0 Å². The zero-order valence-electron chi connectivity index (χ0n) is 12.2. The summed E-state index contributed by atoms with van der Waals surface area (Å²) in [6.45, 7) is 5.94. The lowest BCUT2D eigenvalue weighted by Gasteiger charge is -2.16. The fourth-order valence-electron chi connectivity index (χ4n) is 2.04. The number of halogens is 2. The summed E-state index contributed by atoms with van der Waals surface area (Å²) in [7, 11) is 0. The Bertz CT molecular complexity index is 639. The van der Waals surface area contributed by atoms with Crippen LogP contribution in [0, 0.1) is 0 Å². The van der Waals surface area contributed by atoms with Crippen molar-refractivity contribution in [1.82, 2.24) is 0 Å². The van der Waals surface area contributed by atoms with Crippen LogP contribution in [0.1, 0.15) is 43.9 Å². The number of rotatable bonds is 4. The summed E-state index contributed by atoms with van der Waals surface area (Å²) in [5.74, 6) is 1.72. The highest BCUT2D eigenvalue weighted by Crippen LogP contribution is 2.36. The summed E-state index contributed by atoms with van der Waals surface area (Å²) in [6, 6.07) is 11.3. The van der Waals surface area contributed by atoms with Gasteiger partial charge in [-0.3, -0.25) is 0 Å². The Labute approximate surface area is 138 Å². The molecule has 2 nitrogen and oxygen atoms in total. The highest BCUT2D eigenvalue weighted by atomic mass is 79.9. The third-order valence-corrected chi connectivity index (χ3v) is 4.04. The van der Waals surface area contributed by atoms with Gasteiger partial charge in [0.25, 0.3) is 0 Å². The van der Waals surface area contributed by atoms with Crippen molar-refractivity contribution in [2.45, 2.75) is 32.8 Å². The Morgan fingerprint density at radius 1 is 1.05 bits per heavy atom. The minimum absolute atomic E-state index is 0.341. The molecular formula is C17H18BrClO2.